The maximum atomic E-state index is 12.8. The van der Waals surface area contributed by atoms with Crippen LogP contribution in [0.25, 0.3) is 0 Å². The highest BCUT2D eigenvalue weighted by atomic mass is 79.9. The number of halogens is 2. The van der Waals surface area contributed by atoms with E-state index >= 15 is 0 Å². The van der Waals surface area contributed by atoms with E-state index in [9.17, 15) is 10.1 Å². The Kier molecular flexibility index (Phi) is 8.62. The molecule has 0 saturated carbocycles. The molecule has 0 amide bonds. The molecule has 7 nitrogen and oxygen atoms in total. The van der Waals surface area contributed by atoms with Crippen LogP contribution >= 0.6 is 31.9 Å². The molecule has 30 heavy (non-hydrogen) atoms. The number of ether oxygens (including phenoxy) is 4. The summed E-state index contributed by atoms with van der Waals surface area (Å²) in [7, 11) is 0. The van der Waals surface area contributed by atoms with Gasteiger partial charge in [-0.2, -0.15) is 5.26 Å². The van der Waals surface area contributed by atoms with Crippen molar-refractivity contribution in [3.05, 3.63) is 43.4 Å². The highest BCUT2D eigenvalue weighted by molar-refractivity contribution is 9.13. The van der Waals surface area contributed by atoms with Gasteiger partial charge in [0.05, 0.1) is 35.8 Å². The molecule has 0 radical (unpaired) electrons. The molecule has 1 aliphatic rings. The maximum absolute atomic E-state index is 12.8. The van der Waals surface area contributed by atoms with E-state index in [0.29, 0.717) is 39.2 Å². The Bertz CT molecular complexity index is 934. The first kappa shape index (κ1) is 24.1. The van der Waals surface area contributed by atoms with Crippen LogP contribution in [0.2, 0.25) is 0 Å². The molecule has 2 rings (SSSR count). The van der Waals surface area contributed by atoms with E-state index in [2.05, 4.69) is 37.9 Å². The Morgan fingerprint density at radius 1 is 1.23 bits per heavy atom. The highest BCUT2D eigenvalue weighted by Crippen LogP contribution is 2.49. The molecule has 162 valence electrons. The van der Waals surface area contributed by atoms with Crippen molar-refractivity contribution in [1.29, 1.82) is 5.26 Å². The predicted molar refractivity (Wildman–Crippen MR) is 119 cm³/mol. The number of rotatable bonds is 8. The molecule has 2 N–H and O–H groups in total. The summed E-state index contributed by atoms with van der Waals surface area (Å²) in [5.41, 5.74) is 6.91. The zero-order chi connectivity index (χ0) is 22.4. The number of hydrogen-bond donors (Lipinski definition) is 1. The maximum Gasteiger partial charge on any atom is 0.338 e. The first-order chi connectivity index (χ1) is 14.3. The third-order valence-electron chi connectivity index (χ3n) is 4.32. The number of carbonyl (C=O) groups excluding carboxylic acids is 1. The summed E-state index contributed by atoms with van der Waals surface area (Å²) in [6.07, 6.45) is 0.824. The van der Waals surface area contributed by atoms with Crippen molar-refractivity contribution in [3.63, 3.8) is 0 Å². The molecular weight excluding hydrogens is 520 g/mol. The minimum absolute atomic E-state index is 0.0552. The summed E-state index contributed by atoms with van der Waals surface area (Å²) in [6.45, 7) is 8.29. The minimum Gasteiger partial charge on any atom is -0.490 e. The summed E-state index contributed by atoms with van der Waals surface area (Å²) in [4.78, 5) is 12.8. The fourth-order valence-electron chi connectivity index (χ4n) is 3.08. The lowest BCUT2D eigenvalue weighted by atomic mass is 9.83. The molecule has 0 spiro atoms. The van der Waals surface area contributed by atoms with Gasteiger partial charge >= 0.3 is 5.97 Å². The lowest BCUT2D eigenvalue weighted by molar-refractivity contribution is -0.139. The largest absolute Gasteiger partial charge is 0.490 e. The van der Waals surface area contributed by atoms with Gasteiger partial charge in [-0.15, -0.1) is 0 Å². The van der Waals surface area contributed by atoms with E-state index in [0.717, 1.165) is 6.42 Å². The molecule has 0 saturated heterocycles. The average molecular weight is 544 g/mol. The number of benzene rings is 1. The van der Waals surface area contributed by atoms with Gasteiger partial charge in [-0.3, -0.25) is 0 Å². The van der Waals surface area contributed by atoms with Gasteiger partial charge in [0.25, 0.3) is 0 Å². The van der Waals surface area contributed by atoms with Gasteiger partial charge in [0, 0.05) is 4.47 Å². The summed E-state index contributed by atoms with van der Waals surface area (Å²) in [5, 5.41) is 9.79. The van der Waals surface area contributed by atoms with Gasteiger partial charge in [0.1, 0.15) is 17.4 Å². The van der Waals surface area contributed by atoms with Crippen molar-refractivity contribution in [2.24, 2.45) is 5.73 Å². The topological polar surface area (TPSA) is 104 Å². The van der Waals surface area contributed by atoms with Crippen molar-refractivity contribution in [2.45, 2.75) is 40.0 Å². The van der Waals surface area contributed by atoms with Gasteiger partial charge in [-0.25, -0.2) is 4.79 Å². The SMILES string of the molecule is CCCOc1c(OCC)cc(C2C(C#N)=C(N)OC(C)=C2C(=O)OCC)c(Br)c1Br. The van der Waals surface area contributed by atoms with Crippen LogP contribution in [0, 0.1) is 11.3 Å². The van der Waals surface area contributed by atoms with Crippen LogP contribution in [0.3, 0.4) is 0 Å². The average Bonchev–Trinajstić information content (AvgIpc) is 2.70. The van der Waals surface area contributed by atoms with Crippen molar-refractivity contribution in [3.8, 4) is 17.6 Å². The number of carbonyl (C=O) groups is 1. The Balaban J connectivity index is 2.77. The van der Waals surface area contributed by atoms with Crippen LogP contribution in [0.15, 0.2) is 37.8 Å². The molecular formula is C21H24Br2N2O5. The second-order valence-electron chi connectivity index (χ2n) is 6.32. The zero-order valence-corrected chi connectivity index (χ0v) is 20.5. The number of esters is 1. The van der Waals surface area contributed by atoms with Gasteiger partial charge in [-0.1, -0.05) is 6.92 Å². The van der Waals surface area contributed by atoms with Gasteiger partial charge in [0.2, 0.25) is 5.88 Å². The molecule has 1 aromatic carbocycles. The summed E-state index contributed by atoms with van der Waals surface area (Å²) < 4.78 is 23.6. The van der Waals surface area contributed by atoms with Crippen LogP contribution in [-0.4, -0.2) is 25.8 Å². The van der Waals surface area contributed by atoms with E-state index in [1.54, 1.807) is 19.9 Å². The van der Waals surface area contributed by atoms with Crippen molar-refractivity contribution < 1.29 is 23.7 Å². The van der Waals surface area contributed by atoms with E-state index in [1.165, 1.54) is 0 Å². The van der Waals surface area contributed by atoms with Crippen LogP contribution in [0.4, 0.5) is 0 Å². The summed E-state index contributed by atoms with van der Waals surface area (Å²) in [6, 6.07) is 3.82. The third-order valence-corrected chi connectivity index (χ3v) is 6.46. The normalized spacial score (nSPS) is 16.1. The van der Waals surface area contributed by atoms with E-state index in [1.807, 2.05) is 13.8 Å². The molecule has 1 atom stereocenters. The van der Waals surface area contributed by atoms with Gasteiger partial charge in [-0.05, 0) is 70.7 Å². The number of nitrogens with two attached hydrogens (primary N) is 1. The molecule has 1 aromatic rings. The second kappa shape index (κ2) is 10.7. The lowest BCUT2D eigenvalue weighted by Crippen LogP contribution is -2.26. The van der Waals surface area contributed by atoms with E-state index in [4.69, 9.17) is 24.7 Å². The Labute approximate surface area is 193 Å². The quantitative estimate of drug-likeness (QED) is 0.458. The zero-order valence-electron chi connectivity index (χ0n) is 17.3. The number of nitriles is 1. The highest BCUT2D eigenvalue weighted by Gasteiger charge is 2.38. The monoisotopic (exact) mass is 542 g/mol. The van der Waals surface area contributed by atoms with Gasteiger partial charge < -0.3 is 24.7 Å². The van der Waals surface area contributed by atoms with E-state index < -0.39 is 11.9 Å². The fourth-order valence-corrected chi connectivity index (χ4v) is 4.14. The molecule has 0 aliphatic carbocycles. The summed E-state index contributed by atoms with van der Waals surface area (Å²) >= 11 is 7.15. The number of hydrogen-bond acceptors (Lipinski definition) is 7. The molecule has 0 aromatic heterocycles. The molecule has 0 bridgehead atoms. The number of nitrogens with zero attached hydrogens (tertiary/aromatic N) is 1. The standard InChI is InChI=1S/C21H24Br2N2O5/c1-5-8-29-19-14(27-6-2)9-12(17(22)18(19)23)16-13(10-24)20(25)30-11(4)15(16)21(26)28-7-3/h9,16H,5-8,25H2,1-4H3. The Hall–Kier alpha value is -2.18. The first-order valence-electron chi connectivity index (χ1n) is 9.55. The lowest BCUT2D eigenvalue weighted by Gasteiger charge is -2.28. The van der Waals surface area contributed by atoms with Crippen LogP contribution in [0.5, 0.6) is 11.5 Å². The molecule has 1 unspecified atom stereocenters. The van der Waals surface area contributed by atoms with Crippen molar-refractivity contribution >= 4 is 37.8 Å². The Morgan fingerprint density at radius 2 is 1.93 bits per heavy atom. The third kappa shape index (κ3) is 4.76. The van der Waals surface area contributed by atoms with Crippen LogP contribution in [-0.2, 0) is 14.3 Å². The van der Waals surface area contributed by atoms with Crippen LogP contribution < -0.4 is 15.2 Å². The molecule has 1 aliphatic heterocycles. The fraction of sp³-hybridized carbons (Fsp3) is 0.429. The molecule has 9 heteroatoms. The number of allylic oxidation sites excluding steroid dienone is 2. The molecule has 1 heterocycles. The van der Waals surface area contributed by atoms with Crippen molar-refractivity contribution in [2.75, 3.05) is 19.8 Å². The second-order valence-corrected chi connectivity index (χ2v) is 7.90. The minimum atomic E-state index is -0.798. The molecule has 0 fully saturated rings. The Morgan fingerprint density at radius 3 is 2.50 bits per heavy atom. The summed E-state index contributed by atoms with van der Waals surface area (Å²) in [5.74, 6) is -0.127. The van der Waals surface area contributed by atoms with E-state index in [-0.39, 0.29) is 29.4 Å². The first-order valence-corrected chi connectivity index (χ1v) is 11.1. The smallest absolute Gasteiger partial charge is 0.338 e. The predicted octanol–water partition coefficient (Wildman–Crippen LogP) is 5.04. The van der Waals surface area contributed by atoms with Crippen LogP contribution in [0.1, 0.15) is 45.6 Å². The van der Waals surface area contributed by atoms with Gasteiger partial charge in [0.15, 0.2) is 11.5 Å². The van der Waals surface area contributed by atoms with Crippen molar-refractivity contribution in [1.82, 2.24) is 0 Å².